The van der Waals surface area contributed by atoms with Crippen LogP contribution in [0.25, 0.3) is 0 Å². The summed E-state index contributed by atoms with van der Waals surface area (Å²) >= 11 is 0. The molecule has 1 heterocycles. The number of amides is 2. The molecule has 7 heteroatoms. The molecular formula is C21H26ClN3O3. The summed E-state index contributed by atoms with van der Waals surface area (Å²) in [6.45, 7) is 2.02. The predicted molar refractivity (Wildman–Crippen MR) is 111 cm³/mol. The van der Waals surface area contributed by atoms with Gasteiger partial charge in [0.05, 0.1) is 13.2 Å². The van der Waals surface area contributed by atoms with Gasteiger partial charge in [-0.2, -0.15) is 0 Å². The van der Waals surface area contributed by atoms with Crippen molar-refractivity contribution in [2.45, 2.75) is 12.5 Å². The molecule has 1 unspecified atom stereocenters. The molecule has 3 rings (SSSR count). The van der Waals surface area contributed by atoms with E-state index in [0.29, 0.717) is 38.2 Å². The average Bonchev–Trinajstić information content (AvgIpc) is 2.73. The van der Waals surface area contributed by atoms with E-state index in [2.05, 4.69) is 0 Å². The van der Waals surface area contributed by atoms with E-state index in [9.17, 15) is 9.59 Å². The number of rotatable bonds is 5. The molecule has 2 aromatic rings. The SMILES string of the molecule is COc1ccc(C(=O)N2CCN(C(=O)C(N)Cc3ccccc3)CC2)cc1.Cl. The first-order valence-corrected chi connectivity index (χ1v) is 9.10. The molecule has 28 heavy (non-hydrogen) atoms. The van der Waals surface area contributed by atoms with E-state index in [1.54, 1.807) is 41.2 Å². The zero-order chi connectivity index (χ0) is 19.2. The summed E-state index contributed by atoms with van der Waals surface area (Å²) in [6, 6.07) is 16.3. The van der Waals surface area contributed by atoms with Crippen molar-refractivity contribution in [3.05, 3.63) is 65.7 Å². The molecule has 2 amide bonds. The Bertz CT molecular complexity index is 775. The van der Waals surface area contributed by atoms with Gasteiger partial charge in [-0.3, -0.25) is 9.59 Å². The Hall–Kier alpha value is -2.57. The molecule has 2 N–H and O–H groups in total. The quantitative estimate of drug-likeness (QED) is 0.828. The molecule has 0 bridgehead atoms. The van der Waals surface area contributed by atoms with Crippen LogP contribution in [-0.4, -0.2) is 60.9 Å². The molecule has 6 nitrogen and oxygen atoms in total. The number of nitrogens with zero attached hydrogens (tertiary/aromatic N) is 2. The molecule has 0 aliphatic carbocycles. The van der Waals surface area contributed by atoms with Crippen LogP contribution in [-0.2, 0) is 11.2 Å². The molecule has 0 spiro atoms. The number of benzene rings is 2. The van der Waals surface area contributed by atoms with Gasteiger partial charge in [0.1, 0.15) is 5.75 Å². The number of carbonyl (C=O) groups is 2. The Morgan fingerprint density at radius 3 is 2.11 bits per heavy atom. The van der Waals surface area contributed by atoms with Gasteiger partial charge in [0.25, 0.3) is 5.91 Å². The number of ether oxygens (including phenoxy) is 1. The molecule has 1 atom stereocenters. The van der Waals surface area contributed by atoms with Crippen LogP contribution in [0.2, 0.25) is 0 Å². The fourth-order valence-corrected chi connectivity index (χ4v) is 3.24. The number of piperazine rings is 1. The van der Waals surface area contributed by atoms with E-state index in [4.69, 9.17) is 10.5 Å². The molecule has 1 fully saturated rings. The summed E-state index contributed by atoms with van der Waals surface area (Å²) in [5.41, 5.74) is 7.78. The van der Waals surface area contributed by atoms with Crippen molar-refractivity contribution < 1.29 is 14.3 Å². The summed E-state index contributed by atoms with van der Waals surface area (Å²) in [5, 5.41) is 0. The Morgan fingerprint density at radius 1 is 0.964 bits per heavy atom. The molecule has 1 saturated heterocycles. The van der Waals surface area contributed by atoms with Crippen molar-refractivity contribution in [2.75, 3.05) is 33.3 Å². The van der Waals surface area contributed by atoms with E-state index >= 15 is 0 Å². The predicted octanol–water partition coefficient (Wildman–Crippen LogP) is 1.97. The Balaban J connectivity index is 0.00000280. The van der Waals surface area contributed by atoms with Crippen LogP contribution < -0.4 is 10.5 Å². The lowest BCUT2D eigenvalue weighted by Crippen LogP contribution is -2.54. The summed E-state index contributed by atoms with van der Waals surface area (Å²) in [6.07, 6.45) is 0.519. The van der Waals surface area contributed by atoms with Crippen molar-refractivity contribution >= 4 is 24.2 Å². The van der Waals surface area contributed by atoms with E-state index in [1.807, 2.05) is 30.3 Å². The van der Waals surface area contributed by atoms with Crippen LogP contribution in [0, 0.1) is 0 Å². The van der Waals surface area contributed by atoms with Crippen molar-refractivity contribution in [2.24, 2.45) is 5.73 Å². The first kappa shape index (κ1) is 21.7. The highest BCUT2D eigenvalue weighted by Crippen LogP contribution is 2.15. The largest absolute Gasteiger partial charge is 0.497 e. The second-order valence-corrected chi connectivity index (χ2v) is 6.64. The van der Waals surface area contributed by atoms with Gasteiger partial charge in [-0.1, -0.05) is 30.3 Å². The molecular weight excluding hydrogens is 378 g/mol. The Kier molecular flexibility index (Phi) is 7.84. The number of halogens is 1. The number of methoxy groups -OCH3 is 1. The molecule has 2 aromatic carbocycles. The maximum atomic E-state index is 12.6. The molecule has 1 aliphatic heterocycles. The van der Waals surface area contributed by atoms with E-state index in [-0.39, 0.29) is 24.2 Å². The third kappa shape index (κ3) is 5.24. The second kappa shape index (κ2) is 10.1. The molecule has 150 valence electrons. The number of nitrogens with two attached hydrogens (primary N) is 1. The second-order valence-electron chi connectivity index (χ2n) is 6.64. The first-order chi connectivity index (χ1) is 13.1. The van der Waals surface area contributed by atoms with Gasteiger partial charge in [-0.25, -0.2) is 0 Å². The maximum absolute atomic E-state index is 12.6. The van der Waals surface area contributed by atoms with E-state index in [1.165, 1.54) is 0 Å². The zero-order valence-electron chi connectivity index (χ0n) is 15.9. The molecule has 0 aromatic heterocycles. The van der Waals surface area contributed by atoms with Gasteiger partial charge in [0.2, 0.25) is 5.91 Å². The van der Waals surface area contributed by atoms with Crippen molar-refractivity contribution in [3.63, 3.8) is 0 Å². The normalized spacial score (nSPS) is 14.8. The highest BCUT2D eigenvalue weighted by Gasteiger charge is 2.27. The Labute approximate surface area is 171 Å². The average molecular weight is 404 g/mol. The van der Waals surface area contributed by atoms with Gasteiger partial charge in [-0.15, -0.1) is 12.4 Å². The van der Waals surface area contributed by atoms with Gasteiger partial charge in [-0.05, 0) is 36.2 Å². The van der Waals surface area contributed by atoms with Crippen LogP contribution in [0.3, 0.4) is 0 Å². The van der Waals surface area contributed by atoms with Crippen LogP contribution in [0.15, 0.2) is 54.6 Å². The fraction of sp³-hybridized carbons (Fsp3) is 0.333. The Morgan fingerprint density at radius 2 is 1.54 bits per heavy atom. The minimum atomic E-state index is -0.559. The van der Waals surface area contributed by atoms with Crippen molar-refractivity contribution in [1.29, 1.82) is 0 Å². The number of carbonyl (C=O) groups excluding carboxylic acids is 2. The summed E-state index contributed by atoms with van der Waals surface area (Å²) in [4.78, 5) is 28.7. The van der Waals surface area contributed by atoms with Crippen molar-refractivity contribution in [1.82, 2.24) is 9.80 Å². The highest BCUT2D eigenvalue weighted by atomic mass is 35.5. The van der Waals surface area contributed by atoms with Gasteiger partial charge < -0.3 is 20.3 Å². The molecule has 1 aliphatic rings. The standard InChI is InChI=1S/C21H25N3O3.ClH/c1-27-18-9-7-17(8-10-18)20(25)23-11-13-24(14-12-23)21(26)19(22)15-16-5-3-2-4-6-16;/h2-10,19H,11-15,22H2,1H3;1H. The van der Waals surface area contributed by atoms with E-state index < -0.39 is 6.04 Å². The molecule has 0 saturated carbocycles. The smallest absolute Gasteiger partial charge is 0.253 e. The topological polar surface area (TPSA) is 75.9 Å². The highest BCUT2D eigenvalue weighted by molar-refractivity contribution is 5.94. The van der Waals surface area contributed by atoms with Gasteiger partial charge >= 0.3 is 0 Å². The van der Waals surface area contributed by atoms with Crippen molar-refractivity contribution in [3.8, 4) is 5.75 Å². The third-order valence-corrected chi connectivity index (χ3v) is 4.83. The third-order valence-electron chi connectivity index (χ3n) is 4.83. The van der Waals surface area contributed by atoms with Crippen LogP contribution >= 0.6 is 12.4 Å². The lowest BCUT2D eigenvalue weighted by atomic mass is 10.1. The summed E-state index contributed by atoms with van der Waals surface area (Å²) in [7, 11) is 1.59. The monoisotopic (exact) mass is 403 g/mol. The first-order valence-electron chi connectivity index (χ1n) is 9.10. The fourth-order valence-electron chi connectivity index (χ4n) is 3.24. The van der Waals surface area contributed by atoms with Crippen LogP contribution in [0.5, 0.6) is 5.75 Å². The van der Waals surface area contributed by atoms with Crippen LogP contribution in [0.1, 0.15) is 15.9 Å². The molecule has 0 radical (unpaired) electrons. The number of hydrogen-bond acceptors (Lipinski definition) is 4. The van der Waals surface area contributed by atoms with Gasteiger partial charge in [0, 0.05) is 31.7 Å². The van der Waals surface area contributed by atoms with Gasteiger partial charge in [0.15, 0.2) is 0 Å². The summed E-state index contributed by atoms with van der Waals surface area (Å²) < 4.78 is 5.12. The lowest BCUT2D eigenvalue weighted by molar-refractivity contribution is -0.134. The van der Waals surface area contributed by atoms with E-state index in [0.717, 1.165) is 11.3 Å². The number of hydrogen-bond donors (Lipinski definition) is 1. The maximum Gasteiger partial charge on any atom is 0.253 e. The van der Waals surface area contributed by atoms with Crippen LogP contribution in [0.4, 0.5) is 0 Å². The lowest BCUT2D eigenvalue weighted by Gasteiger charge is -2.36. The summed E-state index contributed by atoms with van der Waals surface area (Å²) in [5.74, 6) is 0.628. The minimum Gasteiger partial charge on any atom is -0.497 e. The zero-order valence-corrected chi connectivity index (χ0v) is 16.7. The minimum absolute atomic E-state index is 0.